The number of unbranched alkanes of at least 4 members (excludes halogenated alkanes) is 3. The fraction of sp³-hybridized carbons (Fsp3) is 0.571. The number of ether oxygens (including phenoxy) is 1. The number of aromatic hydroxyl groups is 1. The Morgan fingerprint density at radius 2 is 1.60 bits per heavy atom. The van der Waals surface area contributed by atoms with E-state index < -0.39 is 23.8 Å². The van der Waals surface area contributed by atoms with E-state index in [1.54, 1.807) is 49.9 Å². The van der Waals surface area contributed by atoms with Gasteiger partial charge in [-0.25, -0.2) is 4.79 Å². The van der Waals surface area contributed by atoms with Gasteiger partial charge in [-0.1, -0.05) is 75.4 Å². The highest BCUT2D eigenvalue weighted by atomic mass is 16.6. The average molecular weight is 596 g/mol. The van der Waals surface area contributed by atoms with E-state index in [0.717, 1.165) is 60.8 Å². The Balaban J connectivity index is 2.61. The highest BCUT2D eigenvalue weighted by Gasteiger charge is 2.37. The van der Waals surface area contributed by atoms with E-state index in [4.69, 9.17) is 4.74 Å². The smallest absolute Gasteiger partial charge is 0.408 e. The molecule has 238 valence electrons. The summed E-state index contributed by atoms with van der Waals surface area (Å²) in [6.07, 6.45) is 4.88. The van der Waals surface area contributed by atoms with Crippen molar-refractivity contribution in [2.45, 2.75) is 124 Å². The van der Waals surface area contributed by atoms with Crippen LogP contribution in [0.4, 0.5) is 4.79 Å². The molecule has 0 aliphatic rings. The predicted molar refractivity (Wildman–Crippen MR) is 172 cm³/mol. The van der Waals surface area contributed by atoms with Crippen LogP contribution in [0.15, 0.2) is 42.5 Å². The Morgan fingerprint density at radius 3 is 2.19 bits per heavy atom. The number of carbonyl (C=O) groups is 3. The molecule has 0 bridgehead atoms. The summed E-state index contributed by atoms with van der Waals surface area (Å²) in [6.45, 7) is 15.8. The van der Waals surface area contributed by atoms with Gasteiger partial charge >= 0.3 is 6.09 Å². The summed E-state index contributed by atoms with van der Waals surface area (Å²) < 4.78 is 5.53. The van der Waals surface area contributed by atoms with Crippen LogP contribution in [0.1, 0.15) is 108 Å². The molecule has 3 amide bonds. The van der Waals surface area contributed by atoms with Gasteiger partial charge in [0.05, 0.1) is 0 Å². The molecule has 8 nitrogen and oxygen atoms in total. The number of alkyl carbamates (subject to hydrolysis) is 1. The van der Waals surface area contributed by atoms with Gasteiger partial charge in [-0.3, -0.25) is 9.59 Å². The summed E-state index contributed by atoms with van der Waals surface area (Å²) in [5, 5.41) is 15.8. The lowest BCUT2D eigenvalue weighted by Crippen LogP contribution is -2.54. The topological polar surface area (TPSA) is 108 Å². The first-order valence-electron chi connectivity index (χ1n) is 15.7. The molecule has 0 aromatic heterocycles. The zero-order chi connectivity index (χ0) is 32.2. The second-order valence-corrected chi connectivity index (χ2v) is 12.6. The largest absolute Gasteiger partial charge is 0.508 e. The Morgan fingerprint density at radius 1 is 0.930 bits per heavy atom. The average Bonchev–Trinajstić information content (AvgIpc) is 2.90. The van der Waals surface area contributed by atoms with Crippen LogP contribution in [0.3, 0.4) is 0 Å². The molecule has 0 fully saturated rings. The number of nitrogens with one attached hydrogen (secondary N) is 2. The van der Waals surface area contributed by atoms with Crippen molar-refractivity contribution < 1.29 is 24.2 Å². The van der Waals surface area contributed by atoms with Crippen LogP contribution in [0.5, 0.6) is 5.75 Å². The Labute approximate surface area is 258 Å². The fourth-order valence-corrected chi connectivity index (χ4v) is 5.20. The molecular weight excluding hydrogens is 542 g/mol. The molecule has 3 N–H and O–H groups in total. The lowest BCUT2D eigenvalue weighted by molar-refractivity contribution is -0.142. The number of carbonyl (C=O) groups excluding carboxylic acids is 3. The predicted octanol–water partition coefficient (Wildman–Crippen LogP) is 6.90. The first-order chi connectivity index (χ1) is 20.2. The summed E-state index contributed by atoms with van der Waals surface area (Å²) in [5.74, 6) is -0.492. The number of phenolic OH excluding ortho intramolecular Hbond substituents is 1. The van der Waals surface area contributed by atoms with E-state index in [2.05, 4.69) is 24.5 Å². The molecule has 3 unspecified atom stereocenters. The minimum Gasteiger partial charge on any atom is -0.508 e. The molecular formula is C35H53N3O5. The zero-order valence-corrected chi connectivity index (χ0v) is 27.5. The Bertz CT molecular complexity index is 1190. The molecule has 43 heavy (non-hydrogen) atoms. The summed E-state index contributed by atoms with van der Waals surface area (Å²) >= 11 is 0. The molecule has 0 heterocycles. The number of hydrogen-bond donors (Lipinski definition) is 3. The van der Waals surface area contributed by atoms with E-state index in [-0.39, 0.29) is 30.0 Å². The monoisotopic (exact) mass is 595 g/mol. The molecule has 0 saturated heterocycles. The van der Waals surface area contributed by atoms with E-state index in [1.807, 2.05) is 39.0 Å². The number of hydrogen-bond acceptors (Lipinski definition) is 5. The van der Waals surface area contributed by atoms with Crippen molar-refractivity contribution in [1.82, 2.24) is 15.5 Å². The Hall–Kier alpha value is -3.55. The molecule has 8 heteroatoms. The first-order valence-corrected chi connectivity index (χ1v) is 15.7. The summed E-state index contributed by atoms with van der Waals surface area (Å²) in [5.41, 5.74) is 2.74. The SMILES string of the molecule is CCCCCCN(C(=O)C(Cc1ccc(O)cc1)NC(=O)OC(C)(C)C)C(C(=O)NC(C)CCC)c1ccc(C)cc1C. The van der Waals surface area contributed by atoms with Crippen LogP contribution in [-0.4, -0.2) is 52.1 Å². The van der Waals surface area contributed by atoms with Gasteiger partial charge in [0.15, 0.2) is 0 Å². The van der Waals surface area contributed by atoms with Gasteiger partial charge in [0.2, 0.25) is 11.8 Å². The maximum atomic E-state index is 14.6. The van der Waals surface area contributed by atoms with Crippen LogP contribution < -0.4 is 10.6 Å². The van der Waals surface area contributed by atoms with Crippen molar-refractivity contribution in [2.75, 3.05) is 6.54 Å². The van der Waals surface area contributed by atoms with Crippen molar-refractivity contribution in [3.63, 3.8) is 0 Å². The van der Waals surface area contributed by atoms with E-state index in [0.29, 0.717) is 6.54 Å². The van der Waals surface area contributed by atoms with Gasteiger partial charge in [0.1, 0.15) is 23.4 Å². The molecule has 0 radical (unpaired) electrons. The van der Waals surface area contributed by atoms with Crippen LogP contribution in [0, 0.1) is 13.8 Å². The van der Waals surface area contributed by atoms with Gasteiger partial charge in [-0.2, -0.15) is 0 Å². The second-order valence-electron chi connectivity index (χ2n) is 12.6. The number of rotatable bonds is 15. The van der Waals surface area contributed by atoms with Gasteiger partial charge in [-0.15, -0.1) is 0 Å². The van der Waals surface area contributed by atoms with Crippen molar-refractivity contribution in [1.29, 1.82) is 0 Å². The van der Waals surface area contributed by atoms with E-state index in [9.17, 15) is 19.5 Å². The number of nitrogens with zero attached hydrogens (tertiary/aromatic N) is 1. The quantitative estimate of drug-likeness (QED) is 0.194. The second kappa shape index (κ2) is 16.9. The third-order valence-electron chi connectivity index (χ3n) is 7.29. The fourth-order valence-electron chi connectivity index (χ4n) is 5.20. The van der Waals surface area contributed by atoms with Crippen molar-refractivity contribution in [2.24, 2.45) is 0 Å². The normalized spacial score (nSPS) is 13.5. The minimum absolute atomic E-state index is 0.0597. The van der Waals surface area contributed by atoms with Crippen LogP contribution >= 0.6 is 0 Å². The van der Waals surface area contributed by atoms with Gasteiger partial charge in [-0.05, 0) is 83.2 Å². The maximum absolute atomic E-state index is 14.6. The van der Waals surface area contributed by atoms with Gasteiger partial charge in [0, 0.05) is 19.0 Å². The lowest BCUT2D eigenvalue weighted by Gasteiger charge is -2.36. The van der Waals surface area contributed by atoms with Crippen LogP contribution in [0.2, 0.25) is 0 Å². The third kappa shape index (κ3) is 11.9. The van der Waals surface area contributed by atoms with E-state index in [1.165, 1.54) is 0 Å². The molecule has 2 aromatic rings. The van der Waals surface area contributed by atoms with Crippen molar-refractivity contribution >= 4 is 17.9 Å². The maximum Gasteiger partial charge on any atom is 0.408 e. The van der Waals surface area contributed by atoms with Gasteiger partial charge < -0.3 is 25.4 Å². The summed E-state index contributed by atoms with van der Waals surface area (Å²) in [4.78, 5) is 43.3. The molecule has 0 spiro atoms. The highest BCUT2D eigenvalue weighted by molar-refractivity contribution is 5.92. The van der Waals surface area contributed by atoms with Gasteiger partial charge in [0.25, 0.3) is 0 Å². The first kappa shape index (κ1) is 35.6. The van der Waals surface area contributed by atoms with E-state index >= 15 is 0 Å². The van der Waals surface area contributed by atoms with Crippen molar-refractivity contribution in [3.05, 3.63) is 64.7 Å². The molecule has 2 aromatic carbocycles. The third-order valence-corrected chi connectivity index (χ3v) is 7.29. The molecule has 0 aliphatic heterocycles. The minimum atomic E-state index is -1.00. The lowest BCUT2D eigenvalue weighted by atomic mass is 9.95. The molecule has 0 saturated carbocycles. The summed E-state index contributed by atoms with van der Waals surface area (Å²) in [7, 11) is 0. The van der Waals surface area contributed by atoms with Crippen LogP contribution in [-0.2, 0) is 20.7 Å². The molecule has 2 rings (SSSR count). The molecule has 3 atom stereocenters. The number of amides is 3. The number of aryl methyl sites for hydroxylation is 2. The van der Waals surface area contributed by atoms with Crippen LogP contribution in [0.25, 0.3) is 0 Å². The van der Waals surface area contributed by atoms with Crippen molar-refractivity contribution in [3.8, 4) is 5.75 Å². The summed E-state index contributed by atoms with van der Waals surface area (Å²) in [6, 6.07) is 10.5. The molecule has 0 aliphatic carbocycles. The number of phenols is 1. The Kier molecular flexibility index (Phi) is 14.0. The highest BCUT2D eigenvalue weighted by Crippen LogP contribution is 2.28. The number of benzene rings is 2. The zero-order valence-electron chi connectivity index (χ0n) is 27.5. The standard InChI is InChI=1S/C35H53N3O5/c1-9-11-12-13-21-38(31(32(40)36-26(5)14-10-2)29-20-15-24(3)22-25(29)4)33(41)30(37-34(42)43-35(6,7)8)23-27-16-18-28(39)19-17-27/h15-20,22,26,30-31,39H,9-14,21,23H2,1-8H3,(H,36,40)(H,37,42).